The maximum Gasteiger partial charge on any atom is 0.187 e. The van der Waals surface area contributed by atoms with Crippen LogP contribution in [0.5, 0.6) is 0 Å². The van der Waals surface area contributed by atoms with Gasteiger partial charge in [0.15, 0.2) is 5.13 Å². The summed E-state index contributed by atoms with van der Waals surface area (Å²) in [5, 5.41) is 6.30. The summed E-state index contributed by atoms with van der Waals surface area (Å²) >= 11 is 1.61. The first-order valence-electron chi connectivity index (χ1n) is 7.51. The van der Waals surface area contributed by atoms with E-state index in [4.69, 9.17) is 0 Å². The topological polar surface area (TPSA) is 29.4 Å². The Hall–Kier alpha value is -2.24. The van der Waals surface area contributed by atoms with Crippen molar-refractivity contribution in [1.82, 2.24) is 4.98 Å². The van der Waals surface area contributed by atoms with Crippen molar-refractivity contribution in [3.05, 3.63) is 77.1 Å². The van der Waals surface area contributed by atoms with Crippen LogP contribution in [-0.2, 0) is 13.1 Å². The average Bonchev–Trinajstić information content (AvgIpc) is 2.97. The van der Waals surface area contributed by atoms with Crippen LogP contribution in [0.15, 0.2) is 60.0 Å². The fourth-order valence-corrected chi connectivity index (χ4v) is 3.14. The van der Waals surface area contributed by atoms with Gasteiger partial charge in [0.2, 0.25) is 0 Å². The van der Waals surface area contributed by atoms with Gasteiger partial charge in [-0.3, -0.25) is 0 Å². The highest BCUT2D eigenvalue weighted by atomic mass is 32.1. The first-order chi connectivity index (χ1) is 11.2. The van der Waals surface area contributed by atoms with Gasteiger partial charge >= 0.3 is 0 Å². The quantitative estimate of drug-likeness (QED) is 0.727. The second kappa shape index (κ2) is 7.35. The highest BCUT2D eigenvalue weighted by molar-refractivity contribution is 7.13. The molecule has 1 heterocycles. The molecule has 3 nitrogen and oxygen atoms in total. The third kappa shape index (κ3) is 4.61. The zero-order valence-electron chi connectivity index (χ0n) is 12.9. The number of rotatable bonds is 6. The molecule has 0 fully saturated rings. The molecular weight excluding hydrogens is 309 g/mol. The molecule has 2 aromatic carbocycles. The molecule has 0 aliphatic heterocycles. The molecule has 0 radical (unpaired) electrons. The number of hydrogen-bond acceptors (Lipinski definition) is 3. The standard InChI is InChI=1S/C18H18FN3S/c1-22(11-14-7-9-15(19)10-8-14)12-17-13-23-18(21-17)20-16-5-3-2-4-6-16/h2-10,13H,11-12H2,1H3,(H,20,21)/p+1. The van der Waals surface area contributed by atoms with E-state index in [2.05, 4.69) is 22.7 Å². The van der Waals surface area contributed by atoms with Gasteiger partial charge in [0.05, 0.1) is 7.05 Å². The molecule has 3 rings (SSSR count). The van der Waals surface area contributed by atoms with Gasteiger partial charge in [-0.15, -0.1) is 11.3 Å². The summed E-state index contributed by atoms with van der Waals surface area (Å²) in [6, 6.07) is 16.7. The number of hydrogen-bond donors (Lipinski definition) is 2. The molecule has 0 aliphatic carbocycles. The Morgan fingerprint density at radius 2 is 1.78 bits per heavy atom. The van der Waals surface area contributed by atoms with Crippen molar-refractivity contribution >= 4 is 22.2 Å². The molecule has 0 spiro atoms. The second-order valence-electron chi connectivity index (χ2n) is 5.57. The van der Waals surface area contributed by atoms with Crippen LogP contribution in [-0.4, -0.2) is 12.0 Å². The van der Waals surface area contributed by atoms with E-state index in [1.165, 1.54) is 17.0 Å². The predicted molar refractivity (Wildman–Crippen MR) is 92.5 cm³/mol. The minimum Gasteiger partial charge on any atom is -0.332 e. The van der Waals surface area contributed by atoms with Crippen LogP contribution in [0, 0.1) is 5.82 Å². The number of aromatic nitrogens is 1. The molecule has 1 atom stereocenters. The van der Waals surface area contributed by atoms with Crippen LogP contribution in [0.4, 0.5) is 15.2 Å². The van der Waals surface area contributed by atoms with Gasteiger partial charge < -0.3 is 10.2 Å². The van der Waals surface area contributed by atoms with Crippen molar-refractivity contribution in [3.63, 3.8) is 0 Å². The molecule has 5 heteroatoms. The van der Waals surface area contributed by atoms with Crippen LogP contribution in [0.3, 0.4) is 0 Å². The van der Waals surface area contributed by atoms with Crippen molar-refractivity contribution in [2.45, 2.75) is 13.1 Å². The van der Waals surface area contributed by atoms with E-state index in [9.17, 15) is 4.39 Å². The summed E-state index contributed by atoms with van der Waals surface area (Å²) in [5.74, 6) is -0.192. The number of benzene rings is 2. The molecule has 0 saturated heterocycles. The third-order valence-corrected chi connectivity index (χ3v) is 4.29. The van der Waals surface area contributed by atoms with Crippen molar-refractivity contribution in [1.29, 1.82) is 0 Å². The van der Waals surface area contributed by atoms with Gasteiger partial charge in [-0.25, -0.2) is 9.37 Å². The number of halogens is 1. The van der Waals surface area contributed by atoms with E-state index in [0.717, 1.165) is 35.2 Å². The zero-order chi connectivity index (χ0) is 16.1. The summed E-state index contributed by atoms with van der Waals surface area (Å²) in [7, 11) is 2.12. The van der Waals surface area contributed by atoms with Crippen LogP contribution in [0.2, 0.25) is 0 Å². The molecule has 0 amide bonds. The van der Waals surface area contributed by atoms with Gasteiger partial charge in [0.25, 0.3) is 0 Å². The second-order valence-corrected chi connectivity index (χ2v) is 6.43. The lowest BCUT2D eigenvalue weighted by Crippen LogP contribution is -3.06. The zero-order valence-corrected chi connectivity index (χ0v) is 13.7. The molecular formula is C18H19FN3S+. The maximum atomic E-state index is 12.9. The number of quaternary nitrogens is 1. The normalized spacial score (nSPS) is 12.1. The summed E-state index contributed by atoms with van der Waals surface area (Å²) < 4.78 is 12.9. The molecule has 0 saturated carbocycles. The van der Waals surface area contributed by atoms with E-state index < -0.39 is 0 Å². The Morgan fingerprint density at radius 1 is 1.04 bits per heavy atom. The number of anilines is 2. The molecule has 1 aromatic heterocycles. The number of nitrogens with zero attached hydrogens (tertiary/aromatic N) is 1. The molecule has 0 bridgehead atoms. The van der Waals surface area contributed by atoms with E-state index >= 15 is 0 Å². The van der Waals surface area contributed by atoms with E-state index in [0.29, 0.717) is 0 Å². The number of para-hydroxylation sites is 1. The molecule has 3 aromatic rings. The van der Waals surface area contributed by atoms with Crippen molar-refractivity contribution in [2.75, 3.05) is 12.4 Å². The molecule has 1 unspecified atom stereocenters. The lowest BCUT2D eigenvalue weighted by atomic mass is 10.2. The summed E-state index contributed by atoms with van der Waals surface area (Å²) in [6.45, 7) is 1.68. The SMILES string of the molecule is C[NH+](Cc1ccc(F)cc1)Cc1csc(Nc2ccccc2)n1. The van der Waals surface area contributed by atoms with Crippen LogP contribution >= 0.6 is 11.3 Å². The first-order valence-corrected chi connectivity index (χ1v) is 8.39. The lowest BCUT2D eigenvalue weighted by Gasteiger charge is -2.12. The fraction of sp³-hybridized carbons (Fsp3) is 0.167. The smallest absolute Gasteiger partial charge is 0.187 e. The Kier molecular flexibility index (Phi) is 5.00. The van der Waals surface area contributed by atoms with Crippen LogP contribution < -0.4 is 10.2 Å². The first kappa shape index (κ1) is 15.6. The summed E-state index contributed by atoms with van der Waals surface area (Å²) in [6.07, 6.45) is 0. The Bertz CT molecular complexity index is 740. The number of thiazole rings is 1. The summed E-state index contributed by atoms with van der Waals surface area (Å²) in [4.78, 5) is 5.94. The highest BCUT2D eigenvalue weighted by Crippen LogP contribution is 2.20. The van der Waals surface area contributed by atoms with E-state index in [1.807, 2.05) is 42.5 Å². The van der Waals surface area contributed by atoms with Crippen molar-refractivity contribution in [2.24, 2.45) is 0 Å². The highest BCUT2D eigenvalue weighted by Gasteiger charge is 2.09. The van der Waals surface area contributed by atoms with Crippen molar-refractivity contribution < 1.29 is 9.29 Å². The van der Waals surface area contributed by atoms with E-state index in [-0.39, 0.29) is 5.82 Å². The minimum absolute atomic E-state index is 0.192. The largest absolute Gasteiger partial charge is 0.332 e. The molecule has 2 N–H and O–H groups in total. The van der Waals surface area contributed by atoms with Gasteiger partial charge in [-0.1, -0.05) is 30.3 Å². The molecule has 118 valence electrons. The minimum atomic E-state index is -0.192. The van der Waals surface area contributed by atoms with Crippen molar-refractivity contribution in [3.8, 4) is 0 Å². The summed E-state index contributed by atoms with van der Waals surface area (Å²) in [5.41, 5.74) is 3.23. The molecule has 0 aliphatic rings. The number of nitrogens with one attached hydrogen (secondary N) is 2. The lowest BCUT2D eigenvalue weighted by molar-refractivity contribution is -0.908. The predicted octanol–water partition coefficient (Wildman–Crippen LogP) is 3.24. The van der Waals surface area contributed by atoms with Gasteiger partial charge in [-0.05, 0) is 24.3 Å². The van der Waals surface area contributed by atoms with Gasteiger partial charge in [0.1, 0.15) is 24.6 Å². The van der Waals surface area contributed by atoms with Gasteiger partial charge in [0, 0.05) is 16.6 Å². The Morgan fingerprint density at radius 3 is 2.52 bits per heavy atom. The third-order valence-electron chi connectivity index (χ3n) is 3.48. The maximum absolute atomic E-state index is 12.9. The fourth-order valence-electron chi connectivity index (χ4n) is 2.41. The van der Waals surface area contributed by atoms with Gasteiger partial charge in [-0.2, -0.15) is 0 Å². The van der Waals surface area contributed by atoms with E-state index in [1.54, 1.807) is 11.3 Å². The molecule has 23 heavy (non-hydrogen) atoms. The monoisotopic (exact) mass is 328 g/mol. The Balaban J connectivity index is 1.56. The van der Waals surface area contributed by atoms with Crippen LogP contribution in [0.25, 0.3) is 0 Å². The van der Waals surface area contributed by atoms with Crippen LogP contribution in [0.1, 0.15) is 11.3 Å². The average molecular weight is 328 g/mol. The Labute approximate surface area is 139 Å².